The molecular formula is C9H10F3NO2. The molecule has 15 heavy (non-hydrogen) atoms. The molecule has 0 saturated carbocycles. The number of nitrogen functional groups attached to an aromatic ring is 1. The fraction of sp³-hybridized carbons (Fsp3) is 0.333. The Morgan fingerprint density at radius 1 is 1.33 bits per heavy atom. The maximum Gasteiger partial charge on any atom is 0.422 e. The van der Waals surface area contributed by atoms with Crippen LogP contribution in [0.2, 0.25) is 0 Å². The predicted molar refractivity (Wildman–Crippen MR) is 49.0 cm³/mol. The summed E-state index contributed by atoms with van der Waals surface area (Å²) in [4.78, 5) is 0. The van der Waals surface area contributed by atoms with Gasteiger partial charge in [0.1, 0.15) is 11.5 Å². The number of benzene rings is 1. The Morgan fingerprint density at radius 2 is 2.00 bits per heavy atom. The lowest BCUT2D eigenvalue weighted by atomic mass is 10.3. The van der Waals surface area contributed by atoms with Crippen LogP contribution in [-0.4, -0.2) is 19.9 Å². The van der Waals surface area contributed by atoms with E-state index in [1.54, 1.807) is 0 Å². The first kappa shape index (κ1) is 11.5. The van der Waals surface area contributed by atoms with Crippen molar-refractivity contribution in [3.8, 4) is 11.5 Å². The van der Waals surface area contributed by atoms with E-state index in [-0.39, 0.29) is 11.4 Å². The molecule has 1 aromatic rings. The lowest BCUT2D eigenvalue weighted by Crippen LogP contribution is -2.19. The molecule has 0 aliphatic heterocycles. The highest BCUT2D eigenvalue weighted by atomic mass is 19.4. The van der Waals surface area contributed by atoms with Gasteiger partial charge < -0.3 is 15.2 Å². The number of halogens is 3. The molecule has 1 rings (SSSR count). The van der Waals surface area contributed by atoms with Gasteiger partial charge in [-0.15, -0.1) is 0 Å². The molecule has 0 spiro atoms. The summed E-state index contributed by atoms with van der Waals surface area (Å²) in [5.74, 6) is 0.458. The van der Waals surface area contributed by atoms with Gasteiger partial charge in [-0.25, -0.2) is 0 Å². The average Bonchev–Trinajstić information content (AvgIpc) is 2.14. The van der Waals surface area contributed by atoms with E-state index in [9.17, 15) is 13.2 Å². The zero-order valence-corrected chi connectivity index (χ0v) is 7.97. The van der Waals surface area contributed by atoms with E-state index in [1.165, 1.54) is 25.3 Å². The SMILES string of the molecule is COc1ccc(OCC(F)(F)F)c(N)c1. The van der Waals surface area contributed by atoms with Gasteiger partial charge in [0, 0.05) is 6.07 Å². The van der Waals surface area contributed by atoms with Crippen LogP contribution in [0.25, 0.3) is 0 Å². The Hall–Kier alpha value is -1.59. The van der Waals surface area contributed by atoms with E-state index in [0.717, 1.165) is 0 Å². The monoisotopic (exact) mass is 221 g/mol. The van der Waals surface area contributed by atoms with Gasteiger partial charge in [-0.2, -0.15) is 13.2 Å². The predicted octanol–water partition coefficient (Wildman–Crippen LogP) is 2.22. The molecule has 2 N–H and O–H groups in total. The van der Waals surface area contributed by atoms with Crippen LogP contribution in [0, 0.1) is 0 Å². The number of anilines is 1. The molecule has 0 atom stereocenters. The van der Waals surface area contributed by atoms with E-state index in [1.807, 2.05) is 0 Å². The summed E-state index contributed by atoms with van der Waals surface area (Å²) in [6.07, 6.45) is -4.37. The van der Waals surface area contributed by atoms with Crippen LogP contribution in [-0.2, 0) is 0 Å². The summed E-state index contributed by atoms with van der Waals surface area (Å²) in [5.41, 5.74) is 5.56. The maximum atomic E-state index is 11.8. The Balaban J connectivity index is 2.70. The summed E-state index contributed by atoms with van der Waals surface area (Å²) in [7, 11) is 1.44. The lowest BCUT2D eigenvalue weighted by molar-refractivity contribution is -0.153. The zero-order chi connectivity index (χ0) is 11.5. The van der Waals surface area contributed by atoms with Crippen molar-refractivity contribution in [1.29, 1.82) is 0 Å². The number of hydrogen-bond donors (Lipinski definition) is 1. The van der Waals surface area contributed by atoms with Gasteiger partial charge in [-0.3, -0.25) is 0 Å². The molecule has 84 valence electrons. The van der Waals surface area contributed by atoms with Crippen LogP contribution in [0.15, 0.2) is 18.2 Å². The first-order valence-electron chi connectivity index (χ1n) is 4.05. The zero-order valence-electron chi connectivity index (χ0n) is 7.97. The molecule has 0 unspecified atom stereocenters. The largest absolute Gasteiger partial charge is 0.497 e. The second-order valence-electron chi connectivity index (χ2n) is 2.81. The topological polar surface area (TPSA) is 44.5 Å². The number of alkyl halides is 3. The molecule has 6 heteroatoms. The summed E-state index contributed by atoms with van der Waals surface area (Å²) < 4.78 is 44.8. The molecule has 0 aliphatic carbocycles. The van der Waals surface area contributed by atoms with Crippen molar-refractivity contribution in [3.63, 3.8) is 0 Å². The molecule has 1 aromatic carbocycles. The summed E-state index contributed by atoms with van der Waals surface area (Å²) in [6.45, 7) is -1.36. The molecule has 0 fully saturated rings. The van der Waals surface area contributed by atoms with E-state index in [2.05, 4.69) is 4.74 Å². The molecule has 0 heterocycles. The quantitative estimate of drug-likeness (QED) is 0.796. The number of ether oxygens (including phenoxy) is 2. The average molecular weight is 221 g/mol. The minimum Gasteiger partial charge on any atom is -0.497 e. The van der Waals surface area contributed by atoms with Crippen molar-refractivity contribution in [2.45, 2.75) is 6.18 Å². The number of nitrogens with two attached hydrogens (primary N) is 1. The van der Waals surface area contributed by atoms with Crippen LogP contribution >= 0.6 is 0 Å². The minimum absolute atomic E-state index is 0.00637. The second kappa shape index (κ2) is 4.29. The van der Waals surface area contributed by atoms with Crippen molar-refractivity contribution in [2.24, 2.45) is 0 Å². The molecule has 0 saturated heterocycles. The Bertz CT molecular complexity index is 339. The highest BCUT2D eigenvalue weighted by Gasteiger charge is 2.28. The van der Waals surface area contributed by atoms with Gasteiger partial charge >= 0.3 is 6.18 Å². The van der Waals surface area contributed by atoms with Crippen molar-refractivity contribution in [1.82, 2.24) is 0 Å². The van der Waals surface area contributed by atoms with E-state index >= 15 is 0 Å². The molecule has 0 aliphatic rings. The van der Waals surface area contributed by atoms with Crippen LogP contribution in [0.5, 0.6) is 11.5 Å². The standard InChI is InChI=1S/C9H10F3NO2/c1-14-6-2-3-8(7(13)4-6)15-5-9(10,11)12/h2-4H,5,13H2,1H3. The summed E-state index contributed by atoms with van der Waals surface area (Å²) in [6, 6.07) is 4.20. The van der Waals surface area contributed by atoms with Gasteiger partial charge in [0.25, 0.3) is 0 Å². The highest BCUT2D eigenvalue weighted by Crippen LogP contribution is 2.27. The van der Waals surface area contributed by atoms with Gasteiger partial charge in [0.2, 0.25) is 0 Å². The summed E-state index contributed by atoms with van der Waals surface area (Å²) >= 11 is 0. The smallest absolute Gasteiger partial charge is 0.422 e. The fourth-order valence-electron chi connectivity index (χ4n) is 0.945. The Labute approximate surface area is 84.6 Å². The minimum atomic E-state index is -4.37. The number of methoxy groups -OCH3 is 1. The van der Waals surface area contributed by atoms with E-state index in [4.69, 9.17) is 10.5 Å². The third-order valence-electron chi connectivity index (χ3n) is 1.61. The van der Waals surface area contributed by atoms with Crippen molar-refractivity contribution < 1.29 is 22.6 Å². The Kier molecular flexibility index (Phi) is 3.28. The Morgan fingerprint density at radius 3 is 2.47 bits per heavy atom. The molecule has 3 nitrogen and oxygen atoms in total. The van der Waals surface area contributed by atoms with Crippen molar-refractivity contribution in [3.05, 3.63) is 18.2 Å². The third kappa shape index (κ3) is 3.57. The highest BCUT2D eigenvalue weighted by molar-refractivity contribution is 5.56. The molecule has 0 radical (unpaired) electrons. The normalized spacial score (nSPS) is 11.2. The van der Waals surface area contributed by atoms with Crippen LogP contribution in [0.3, 0.4) is 0 Å². The van der Waals surface area contributed by atoms with Crippen molar-refractivity contribution >= 4 is 5.69 Å². The van der Waals surface area contributed by atoms with Crippen LogP contribution < -0.4 is 15.2 Å². The maximum absolute atomic E-state index is 11.8. The van der Waals surface area contributed by atoms with Crippen LogP contribution in [0.4, 0.5) is 18.9 Å². The van der Waals surface area contributed by atoms with Gasteiger partial charge in [0.15, 0.2) is 6.61 Å². The van der Waals surface area contributed by atoms with E-state index < -0.39 is 12.8 Å². The van der Waals surface area contributed by atoms with Gasteiger partial charge in [-0.1, -0.05) is 0 Å². The molecular weight excluding hydrogens is 211 g/mol. The molecule has 0 bridgehead atoms. The third-order valence-corrected chi connectivity index (χ3v) is 1.61. The molecule has 0 aromatic heterocycles. The fourth-order valence-corrected chi connectivity index (χ4v) is 0.945. The summed E-state index contributed by atoms with van der Waals surface area (Å²) in [5, 5.41) is 0. The number of rotatable bonds is 3. The first-order chi connectivity index (χ1) is 6.92. The second-order valence-corrected chi connectivity index (χ2v) is 2.81. The van der Waals surface area contributed by atoms with Gasteiger partial charge in [-0.05, 0) is 12.1 Å². The lowest BCUT2D eigenvalue weighted by Gasteiger charge is -2.11. The van der Waals surface area contributed by atoms with E-state index in [0.29, 0.717) is 5.75 Å². The van der Waals surface area contributed by atoms with Crippen molar-refractivity contribution in [2.75, 3.05) is 19.5 Å². The number of hydrogen-bond acceptors (Lipinski definition) is 3. The molecule has 0 amide bonds. The van der Waals surface area contributed by atoms with Crippen LogP contribution in [0.1, 0.15) is 0 Å². The first-order valence-corrected chi connectivity index (χ1v) is 4.05. The van der Waals surface area contributed by atoms with Gasteiger partial charge in [0.05, 0.1) is 12.8 Å².